The molecular weight excluding hydrogens is 270 g/mol. The first-order valence-electron chi connectivity index (χ1n) is 6.67. The Morgan fingerprint density at radius 2 is 1.95 bits per heavy atom. The van der Waals surface area contributed by atoms with Gasteiger partial charge < -0.3 is 19.7 Å². The molecule has 0 amide bonds. The molecule has 0 spiro atoms. The second kappa shape index (κ2) is 5.73. The van der Waals surface area contributed by atoms with Crippen LogP contribution in [-0.2, 0) is 4.74 Å². The van der Waals surface area contributed by atoms with Crippen molar-refractivity contribution in [1.82, 2.24) is 10.1 Å². The van der Waals surface area contributed by atoms with E-state index in [1.807, 2.05) is 0 Å². The van der Waals surface area contributed by atoms with Gasteiger partial charge in [-0.2, -0.15) is 4.98 Å². The largest absolute Gasteiger partial charge is 0.497 e. The van der Waals surface area contributed by atoms with Crippen molar-refractivity contribution < 1.29 is 14.0 Å². The van der Waals surface area contributed by atoms with Gasteiger partial charge in [0.05, 0.1) is 12.7 Å². The normalized spacial score (nSPS) is 13.2. The van der Waals surface area contributed by atoms with Crippen LogP contribution in [0.15, 0.2) is 22.7 Å². The molecule has 6 heteroatoms. The molecule has 2 N–H and O–H groups in total. The Balaban J connectivity index is 2.40. The number of rotatable bonds is 4. The molecular formula is C15H21N3O3. The summed E-state index contributed by atoms with van der Waals surface area (Å²) < 4.78 is 16.0. The number of aromatic nitrogens is 2. The maximum atomic E-state index is 5.97. The first-order chi connectivity index (χ1) is 9.86. The van der Waals surface area contributed by atoms with Crippen molar-refractivity contribution in [2.24, 2.45) is 5.41 Å². The topological polar surface area (TPSA) is 83.4 Å². The van der Waals surface area contributed by atoms with Gasteiger partial charge in [-0.25, -0.2) is 0 Å². The number of methoxy groups -OCH3 is 2. The lowest BCUT2D eigenvalue weighted by Crippen LogP contribution is -2.21. The molecule has 1 unspecified atom stereocenters. The quantitative estimate of drug-likeness (QED) is 0.872. The van der Waals surface area contributed by atoms with E-state index < -0.39 is 0 Å². The fraction of sp³-hybridized carbons (Fsp3) is 0.467. The zero-order valence-electron chi connectivity index (χ0n) is 13.0. The zero-order valence-corrected chi connectivity index (χ0v) is 13.0. The van der Waals surface area contributed by atoms with Crippen molar-refractivity contribution in [1.29, 1.82) is 0 Å². The van der Waals surface area contributed by atoms with Crippen LogP contribution >= 0.6 is 0 Å². The molecule has 0 aliphatic rings. The number of nitrogens with two attached hydrogens (primary N) is 1. The van der Waals surface area contributed by atoms with Gasteiger partial charge in [-0.1, -0.05) is 25.9 Å². The third-order valence-corrected chi connectivity index (χ3v) is 3.19. The Morgan fingerprint density at radius 1 is 1.24 bits per heavy atom. The Bertz CT molecular complexity index is 617. The van der Waals surface area contributed by atoms with Gasteiger partial charge in [0.15, 0.2) is 0 Å². The van der Waals surface area contributed by atoms with Crippen molar-refractivity contribution in [3.05, 3.63) is 24.0 Å². The third kappa shape index (κ3) is 3.16. The van der Waals surface area contributed by atoms with E-state index in [0.717, 1.165) is 0 Å². The van der Waals surface area contributed by atoms with Crippen LogP contribution in [-0.4, -0.2) is 24.4 Å². The molecule has 6 nitrogen and oxygen atoms in total. The first kappa shape index (κ1) is 15.3. The van der Waals surface area contributed by atoms with Crippen molar-refractivity contribution in [3.8, 4) is 17.2 Å². The molecule has 1 aromatic heterocycles. The average Bonchev–Trinajstić information content (AvgIpc) is 2.87. The standard InChI is InChI=1S/C15H21N3O3/c1-15(2,3)12(20-5)13-17-14(21-18-13)10-8-9(19-4)6-7-11(10)16/h6-8,12H,16H2,1-5H3. The van der Waals surface area contributed by atoms with Crippen molar-refractivity contribution in [2.45, 2.75) is 26.9 Å². The molecule has 1 heterocycles. The van der Waals surface area contributed by atoms with Crippen molar-refractivity contribution in [2.75, 3.05) is 20.0 Å². The average molecular weight is 291 g/mol. The lowest BCUT2D eigenvalue weighted by atomic mass is 9.88. The number of ether oxygens (including phenoxy) is 2. The minimum atomic E-state index is -0.262. The van der Waals surface area contributed by atoms with Crippen LogP contribution in [0.25, 0.3) is 11.5 Å². The van der Waals surface area contributed by atoms with Crippen LogP contribution < -0.4 is 10.5 Å². The minimum absolute atomic E-state index is 0.143. The number of anilines is 1. The highest BCUT2D eigenvalue weighted by Crippen LogP contribution is 2.36. The zero-order chi connectivity index (χ0) is 15.6. The lowest BCUT2D eigenvalue weighted by Gasteiger charge is -2.26. The van der Waals surface area contributed by atoms with Gasteiger partial charge in [-0.15, -0.1) is 0 Å². The van der Waals surface area contributed by atoms with E-state index in [0.29, 0.717) is 28.7 Å². The molecule has 2 rings (SSSR count). The minimum Gasteiger partial charge on any atom is -0.497 e. The van der Waals surface area contributed by atoms with E-state index in [9.17, 15) is 0 Å². The highest BCUT2D eigenvalue weighted by atomic mass is 16.5. The SMILES string of the molecule is COc1ccc(N)c(-c2nc(C(OC)C(C)(C)C)no2)c1. The molecule has 1 aromatic carbocycles. The van der Waals surface area contributed by atoms with Crippen LogP contribution in [0.5, 0.6) is 5.75 Å². The molecule has 2 aromatic rings. The monoisotopic (exact) mass is 291 g/mol. The highest BCUT2D eigenvalue weighted by Gasteiger charge is 2.31. The summed E-state index contributed by atoms with van der Waals surface area (Å²) in [5, 5.41) is 4.02. The van der Waals surface area contributed by atoms with Gasteiger partial charge in [0.2, 0.25) is 5.82 Å². The molecule has 0 saturated heterocycles. The maximum Gasteiger partial charge on any atom is 0.260 e. The van der Waals surface area contributed by atoms with Crippen molar-refractivity contribution in [3.63, 3.8) is 0 Å². The number of hydrogen-bond acceptors (Lipinski definition) is 6. The summed E-state index contributed by atoms with van der Waals surface area (Å²) in [7, 11) is 3.22. The molecule has 1 atom stereocenters. The Morgan fingerprint density at radius 3 is 2.52 bits per heavy atom. The van der Waals surface area contributed by atoms with Crippen LogP contribution in [0.3, 0.4) is 0 Å². The highest BCUT2D eigenvalue weighted by molar-refractivity contribution is 5.72. The summed E-state index contributed by atoms with van der Waals surface area (Å²) in [6.45, 7) is 6.16. The predicted molar refractivity (Wildman–Crippen MR) is 79.9 cm³/mol. The van der Waals surface area contributed by atoms with Gasteiger partial charge >= 0.3 is 0 Å². The molecule has 0 saturated carbocycles. The van der Waals surface area contributed by atoms with E-state index in [-0.39, 0.29) is 11.5 Å². The van der Waals surface area contributed by atoms with Crippen LogP contribution in [0.4, 0.5) is 5.69 Å². The number of nitrogen functional groups attached to an aromatic ring is 1. The van der Waals surface area contributed by atoms with E-state index in [1.165, 1.54) is 0 Å². The molecule has 0 fully saturated rings. The molecule has 0 aliphatic carbocycles. The third-order valence-electron chi connectivity index (χ3n) is 3.19. The van der Waals surface area contributed by atoms with Gasteiger partial charge in [0.1, 0.15) is 11.9 Å². The number of benzene rings is 1. The van der Waals surface area contributed by atoms with Crippen molar-refractivity contribution >= 4 is 5.69 Å². The molecule has 0 bridgehead atoms. The summed E-state index contributed by atoms with van der Waals surface area (Å²) in [5.41, 5.74) is 7.02. The smallest absolute Gasteiger partial charge is 0.260 e. The summed E-state index contributed by atoms with van der Waals surface area (Å²) in [6, 6.07) is 5.30. The Labute approximate surface area is 124 Å². The second-order valence-corrected chi connectivity index (χ2v) is 5.89. The van der Waals surface area contributed by atoms with E-state index in [2.05, 4.69) is 30.9 Å². The number of nitrogens with zero attached hydrogens (tertiary/aromatic N) is 2. The summed E-state index contributed by atoms with van der Waals surface area (Å²) in [6.07, 6.45) is -0.262. The summed E-state index contributed by atoms with van der Waals surface area (Å²) in [5.74, 6) is 1.54. The molecule has 21 heavy (non-hydrogen) atoms. The summed E-state index contributed by atoms with van der Waals surface area (Å²) >= 11 is 0. The van der Waals surface area contributed by atoms with Crippen LogP contribution in [0.2, 0.25) is 0 Å². The van der Waals surface area contributed by atoms with Gasteiger partial charge in [0, 0.05) is 12.8 Å². The Hall–Kier alpha value is -2.08. The van der Waals surface area contributed by atoms with E-state index >= 15 is 0 Å². The lowest BCUT2D eigenvalue weighted by molar-refractivity contribution is 0.00718. The Kier molecular flexibility index (Phi) is 4.18. The second-order valence-electron chi connectivity index (χ2n) is 5.89. The fourth-order valence-electron chi connectivity index (χ4n) is 2.14. The van der Waals surface area contributed by atoms with Gasteiger partial charge in [-0.3, -0.25) is 0 Å². The number of hydrogen-bond donors (Lipinski definition) is 1. The molecule has 114 valence electrons. The molecule has 0 aliphatic heterocycles. The molecule has 0 radical (unpaired) electrons. The van der Waals surface area contributed by atoms with E-state index in [4.69, 9.17) is 19.7 Å². The van der Waals surface area contributed by atoms with E-state index in [1.54, 1.807) is 32.4 Å². The van der Waals surface area contributed by atoms with Gasteiger partial charge in [0.25, 0.3) is 5.89 Å². The maximum absolute atomic E-state index is 5.97. The fourth-order valence-corrected chi connectivity index (χ4v) is 2.14. The first-order valence-corrected chi connectivity index (χ1v) is 6.67. The van der Waals surface area contributed by atoms with Crippen LogP contribution in [0, 0.1) is 5.41 Å². The van der Waals surface area contributed by atoms with Crippen LogP contribution in [0.1, 0.15) is 32.7 Å². The van der Waals surface area contributed by atoms with Gasteiger partial charge in [-0.05, 0) is 23.6 Å². The summed E-state index contributed by atoms with van der Waals surface area (Å²) in [4.78, 5) is 4.42. The predicted octanol–water partition coefficient (Wildman–Crippen LogP) is 3.06.